The molecule has 1 amide bonds. The Morgan fingerprint density at radius 2 is 2.00 bits per heavy atom. The number of amides is 1. The smallest absolute Gasteiger partial charge is 0.410 e. The van der Waals surface area contributed by atoms with Crippen LogP contribution in [-0.2, 0) is 4.74 Å². The first-order valence-corrected chi connectivity index (χ1v) is 9.51. The summed E-state index contributed by atoms with van der Waals surface area (Å²) < 4.78 is 7.54. The van der Waals surface area contributed by atoms with Crippen LogP contribution >= 0.6 is 0 Å². The lowest BCUT2D eigenvalue weighted by Gasteiger charge is -2.33. The van der Waals surface area contributed by atoms with Crippen molar-refractivity contribution < 1.29 is 9.53 Å². The lowest BCUT2D eigenvalue weighted by molar-refractivity contribution is 0.0184. The second kappa shape index (κ2) is 8.11. The van der Waals surface area contributed by atoms with Gasteiger partial charge in [0.25, 0.3) is 0 Å². The average Bonchev–Trinajstić information content (AvgIpc) is 2.91. The van der Waals surface area contributed by atoms with E-state index in [9.17, 15) is 4.79 Å². The molecule has 1 fully saturated rings. The molecule has 1 aromatic rings. The number of hydrogen-bond donors (Lipinski definition) is 0. The van der Waals surface area contributed by atoms with Crippen LogP contribution in [-0.4, -0.2) is 39.5 Å². The highest BCUT2D eigenvalue weighted by molar-refractivity contribution is 5.68. The van der Waals surface area contributed by atoms with Crippen LogP contribution in [0.3, 0.4) is 0 Å². The van der Waals surface area contributed by atoms with E-state index in [0.29, 0.717) is 19.1 Å². The molecule has 5 heteroatoms. The molecule has 0 unspecified atom stereocenters. The Kier molecular flexibility index (Phi) is 6.32. The van der Waals surface area contributed by atoms with E-state index in [1.165, 1.54) is 11.1 Å². The summed E-state index contributed by atoms with van der Waals surface area (Å²) in [5.41, 5.74) is 4.06. The molecular weight excluding hydrogens is 326 g/mol. The minimum Gasteiger partial charge on any atom is -0.444 e. The molecule has 0 N–H and O–H groups in total. The second-order valence-corrected chi connectivity index (χ2v) is 8.18. The average molecular weight is 360 g/mol. The summed E-state index contributed by atoms with van der Waals surface area (Å²) in [5.74, 6) is 0. The van der Waals surface area contributed by atoms with E-state index >= 15 is 0 Å². The molecule has 0 radical (unpaired) electrons. The van der Waals surface area contributed by atoms with Crippen molar-refractivity contribution in [3.8, 4) is 0 Å². The topological polar surface area (TPSA) is 47.4 Å². The van der Waals surface area contributed by atoms with E-state index in [-0.39, 0.29) is 6.09 Å². The number of piperidine rings is 1. The van der Waals surface area contributed by atoms with E-state index in [1.807, 2.05) is 27.7 Å². The van der Waals surface area contributed by atoms with Crippen LogP contribution in [0.4, 0.5) is 4.79 Å². The summed E-state index contributed by atoms with van der Waals surface area (Å²) in [5, 5.41) is 4.80. The molecule has 2 heterocycles. The lowest BCUT2D eigenvalue weighted by Crippen LogP contribution is -2.42. The van der Waals surface area contributed by atoms with Gasteiger partial charge in [-0.1, -0.05) is 19.1 Å². The van der Waals surface area contributed by atoms with Crippen molar-refractivity contribution >= 4 is 12.2 Å². The number of likely N-dealkylation sites (tertiary alicyclic amines) is 1. The number of carbonyl (C=O) groups is 1. The summed E-state index contributed by atoms with van der Waals surface area (Å²) in [7, 11) is 0. The number of rotatable bonds is 4. The van der Waals surface area contributed by atoms with E-state index in [1.54, 1.807) is 4.90 Å². The molecular formula is C21H33N3O2. The molecule has 0 spiro atoms. The predicted octanol–water partition coefficient (Wildman–Crippen LogP) is 5.13. The van der Waals surface area contributed by atoms with Crippen molar-refractivity contribution in [3.63, 3.8) is 0 Å². The van der Waals surface area contributed by atoms with Crippen molar-refractivity contribution in [2.24, 2.45) is 0 Å². The Morgan fingerprint density at radius 1 is 1.38 bits per heavy atom. The van der Waals surface area contributed by atoms with Crippen molar-refractivity contribution in [2.75, 3.05) is 13.1 Å². The Balaban J connectivity index is 2.03. The molecule has 1 saturated heterocycles. The standard InChI is InChI=1S/C21H33N3O2/c1-8-17(15(2)3)13-19-16(4)14-24(22-19)18-9-11-23(12-10-18)20(25)26-21(5,6)7/h13-14,18H,2,8-12H2,1,3-7H3/b17-13-. The first-order valence-electron chi connectivity index (χ1n) is 9.51. The molecule has 0 atom stereocenters. The Hall–Kier alpha value is -2.04. The van der Waals surface area contributed by atoms with Gasteiger partial charge in [-0.05, 0) is 71.1 Å². The maximum Gasteiger partial charge on any atom is 0.410 e. The summed E-state index contributed by atoms with van der Waals surface area (Å²) in [6, 6.07) is 0.324. The highest BCUT2D eigenvalue weighted by Crippen LogP contribution is 2.25. The zero-order chi connectivity index (χ0) is 19.5. The number of ether oxygens (including phenoxy) is 1. The number of aryl methyl sites for hydroxylation is 1. The molecule has 1 aliphatic heterocycles. The Bertz CT molecular complexity index is 687. The fourth-order valence-electron chi connectivity index (χ4n) is 3.16. The summed E-state index contributed by atoms with van der Waals surface area (Å²) in [6.45, 7) is 17.4. The first kappa shape index (κ1) is 20.3. The summed E-state index contributed by atoms with van der Waals surface area (Å²) >= 11 is 0. The van der Waals surface area contributed by atoms with Gasteiger partial charge in [-0.2, -0.15) is 5.10 Å². The van der Waals surface area contributed by atoms with Gasteiger partial charge in [0.05, 0.1) is 11.7 Å². The molecule has 1 aromatic heterocycles. The minimum absolute atomic E-state index is 0.217. The van der Waals surface area contributed by atoms with Gasteiger partial charge >= 0.3 is 6.09 Å². The minimum atomic E-state index is -0.450. The molecule has 1 aliphatic rings. The number of allylic oxidation sites excluding steroid dienone is 2. The van der Waals surface area contributed by atoms with Crippen molar-refractivity contribution in [3.05, 3.63) is 35.2 Å². The molecule has 0 bridgehead atoms. The van der Waals surface area contributed by atoms with Gasteiger partial charge in [0.2, 0.25) is 0 Å². The zero-order valence-corrected chi connectivity index (χ0v) is 17.1. The van der Waals surface area contributed by atoms with E-state index in [2.05, 4.69) is 37.4 Å². The molecule has 0 aromatic carbocycles. The highest BCUT2D eigenvalue weighted by atomic mass is 16.6. The van der Waals surface area contributed by atoms with Crippen LogP contribution in [0.5, 0.6) is 0 Å². The van der Waals surface area contributed by atoms with Gasteiger partial charge in [0, 0.05) is 19.3 Å². The predicted molar refractivity (Wildman–Crippen MR) is 106 cm³/mol. The van der Waals surface area contributed by atoms with Crippen LogP contribution < -0.4 is 0 Å². The maximum absolute atomic E-state index is 12.2. The molecule has 0 aliphatic carbocycles. The van der Waals surface area contributed by atoms with E-state index in [4.69, 9.17) is 9.84 Å². The Morgan fingerprint density at radius 3 is 2.50 bits per heavy atom. The number of aromatic nitrogens is 2. The van der Waals surface area contributed by atoms with Crippen molar-refractivity contribution in [1.82, 2.24) is 14.7 Å². The third-order valence-electron chi connectivity index (χ3n) is 4.68. The molecule has 0 saturated carbocycles. The molecule has 26 heavy (non-hydrogen) atoms. The van der Waals surface area contributed by atoms with Gasteiger partial charge < -0.3 is 9.64 Å². The van der Waals surface area contributed by atoms with Gasteiger partial charge in [0.15, 0.2) is 0 Å². The highest BCUT2D eigenvalue weighted by Gasteiger charge is 2.28. The van der Waals surface area contributed by atoms with Crippen molar-refractivity contribution in [2.45, 2.75) is 72.4 Å². The van der Waals surface area contributed by atoms with Crippen LogP contribution in [0, 0.1) is 6.92 Å². The third kappa shape index (κ3) is 5.23. The van der Waals surface area contributed by atoms with Gasteiger partial charge in [-0.3, -0.25) is 4.68 Å². The van der Waals surface area contributed by atoms with Gasteiger partial charge in [0.1, 0.15) is 5.60 Å². The SMILES string of the molecule is C=C(C)/C(=C\c1nn(C2CCN(C(=O)OC(C)(C)C)CC2)cc1C)CC. The number of hydrogen-bond acceptors (Lipinski definition) is 3. The van der Waals surface area contributed by atoms with E-state index < -0.39 is 5.60 Å². The van der Waals surface area contributed by atoms with Gasteiger partial charge in [-0.15, -0.1) is 0 Å². The van der Waals surface area contributed by atoms with Crippen LogP contribution in [0.2, 0.25) is 0 Å². The van der Waals surface area contributed by atoms with Crippen molar-refractivity contribution in [1.29, 1.82) is 0 Å². The fourth-order valence-corrected chi connectivity index (χ4v) is 3.16. The monoisotopic (exact) mass is 359 g/mol. The lowest BCUT2D eigenvalue weighted by atomic mass is 10.0. The number of nitrogens with zero attached hydrogens (tertiary/aromatic N) is 3. The maximum atomic E-state index is 12.2. The van der Waals surface area contributed by atoms with Crippen LogP contribution in [0.15, 0.2) is 23.9 Å². The van der Waals surface area contributed by atoms with Crippen LogP contribution in [0.1, 0.15) is 71.2 Å². The molecule has 5 nitrogen and oxygen atoms in total. The normalized spacial score (nSPS) is 16.7. The zero-order valence-electron chi connectivity index (χ0n) is 17.1. The second-order valence-electron chi connectivity index (χ2n) is 8.18. The number of carbonyl (C=O) groups excluding carboxylic acids is 1. The molecule has 2 rings (SSSR count). The quantitative estimate of drug-likeness (QED) is 0.700. The summed E-state index contributed by atoms with van der Waals surface area (Å²) in [4.78, 5) is 14.0. The molecule has 144 valence electrons. The Labute approximate surface area is 157 Å². The third-order valence-corrected chi connectivity index (χ3v) is 4.68. The first-order chi connectivity index (χ1) is 12.1. The van der Waals surface area contributed by atoms with Crippen LogP contribution in [0.25, 0.3) is 6.08 Å². The largest absolute Gasteiger partial charge is 0.444 e. The van der Waals surface area contributed by atoms with E-state index in [0.717, 1.165) is 30.5 Å². The summed E-state index contributed by atoms with van der Waals surface area (Å²) in [6.07, 6.45) is 6.78. The fraction of sp³-hybridized carbons (Fsp3) is 0.619. The van der Waals surface area contributed by atoms with Gasteiger partial charge in [-0.25, -0.2) is 4.79 Å².